The summed E-state index contributed by atoms with van der Waals surface area (Å²) >= 11 is 5.93. The van der Waals surface area contributed by atoms with Gasteiger partial charge in [0.25, 0.3) is 5.69 Å². The third kappa shape index (κ3) is 2.72. The van der Waals surface area contributed by atoms with Crippen molar-refractivity contribution in [3.8, 4) is 11.4 Å². The Bertz CT molecular complexity index is 641. The van der Waals surface area contributed by atoms with Crippen molar-refractivity contribution in [1.82, 2.24) is 14.8 Å². The van der Waals surface area contributed by atoms with E-state index in [1.807, 2.05) is 18.4 Å². The van der Waals surface area contributed by atoms with Gasteiger partial charge in [-0.3, -0.25) is 14.7 Å². The molecule has 0 saturated carbocycles. The Morgan fingerprint density at radius 2 is 2.10 bits per heavy atom. The number of anilines is 1. The highest BCUT2D eigenvalue weighted by molar-refractivity contribution is 6.31. The summed E-state index contributed by atoms with van der Waals surface area (Å²) in [4.78, 5) is 10.4. The Hall–Kier alpha value is -2.15. The maximum absolute atomic E-state index is 10.9. The van der Waals surface area contributed by atoms with Gasteiger partial charge in [0.1, 0.15) is 0 Å². The summed E-state index contributed by atoms with van der Waals surface area (Å²) in [6.45, 7) is 5.27. The maximum Gasteiger partial charge on any atom is 0.271 e. The number of hydrogen-bond acceptors (Lipinski definition) is 5. The molecule has 20 heavy (non-hydrogen) atoms. The van der Waals surface area contributed by atoms with E-state index in [2.05, 4.69) is 15.5 Å². The van der Waals surface area contributed by atoms with Crippen LogP contribution in [0.15, 0.2) is 18.2 Å². The number of aromatic nitrogens is 3. The lowest BCUT2D eigenvalue weighted by atomic mass is 10.2. The lowest BCUT2D eigenvalue weighted by Crippen LogP contribution is -2.07. The van der Waals surface area contributed by atoms with Crippen LogP contribution >= 0.6 is 11.6 Å². The number of nitro benzene ring substituents is 1. The molecule has 0 fully saturated rings. The molecule has 106 valence electrons. The average Bonchev–Trinajstić information content (AvgIpc) is 2.81. The van der Waals surface area contributed by atoms with E-state index in [-0.39, 0.29) is 5.69 Å². The van der Waals surface area contributed by atoms with Gasteiger partial charge in [0.2, 0.25) is 5.95 Å². The van der Waals surface area contributed by atoms with Crippen LogP contribution in [0.3, 0.4) is 0 Å². The molecule has 0 aliphatic heterocycles. The van der Waals surface area contributed by atoms with Crippen molar-refractivity contribution in [2.24, 2.45) is 0 Å². The van der Waals surface area contributed by atoms with Gasteiger partial charge in [-0.15, -0.1) is 10.2 Å². The summed E-state index contributed by atoms with van der Waals surface area (Å²) < 4.78 is 1.85. The number of benzene rings is 1. The third-order valence-corrected chi connectivity index (χ3v) is 2.97. The van der Waals surface area contributed by atoms with Gasteiger partial charge in [0, 0.05) is 35.8 Å². The minimum absolute atomic E-state index is 0.0665. The zero-order valence-corrected chi connectivity index (χ0v) is 11.9. The average molecular weight is 296 g/mol. The van der Waals surface area contributed by atoms with E-state index in [1.54, 1.807) is 6.07 Å². The van der Waals surface area contributed by atoms with Crippen LogP contribution < -0.4 is 5.32 Å². The van der Waals surface area contributed by atoms with Gasteiger partial charge in [-0.1, -0.05) is 11.6 Å². The Labute approximate surface area is 120 Å². The second kappa shape index (κ2) is 5.87. The van der Waals surface area contributed by atoms with Gasteiger partial charge in [0.15, 0.2) is 5.82 Å². The highest BCUT2D eigenvalue weighted by Gasteiger charge is 2.16. The van der Waals surface area contributed by atoms with Gasteiger partial charge in [-0.05, 0) is 19.9 Å². The largest absolute Gasteiger partial charge is 0.355 e. The van der Waals surface area contributed by atoms with Crippen LogP contribution in [0, 0.1) is 10.1 Å². The standard InChI is InChI=1S/C12H14ClN5O2/c1-3-14-12-16-15-11(17(12)4-2)8-5-9(13)7-10(6-8)18(19)20/h5-7H,3-4H2,1-2H3,(H,14,16). The lowest BCUT2D eigenvalue weighted by Gasteiger charge is -2.08. The summed E-state index contributed by atoms with van der Waals surface area (Å²) in [6, 6.07) is 4.39. The zero-order chi connectivity index (χ0) is 14.7. The Balaban J connectivity index is 2.53. The topological polar surface area (TPSA) is 85.9 Å². The smallest absolute Gasteiger partial charge is 0.271 e. The SMILES string of the molecule is CCNc1nnc(-c2cc(Cl)cc([N+](=O)[O-])c2)n1CC. The fraction of sp³-hybridized carbons (Fsp3) is 0.333. The van der Waals surface area contributed by atoms with E-state index in [9.17, 15) is 10.1 Å². The first-order chi connectivity index (χ1) is 9.56. The van der Waals surface area contributed by atoms with Crippen LogP contribution in [0.4, 0.5) is 11.6 Å². The number of nitro groups is 1. The second-order valence-corrected chi connectivity index (χ2v) is 4.51. The van der Waals surface area contributed by atoms with Gasteiger partial charge in [-0.2, -0.15) is 0 Å². The molecule has 7 nitrogen and oxygen atoms in total. The van der Waals surface area contributed by atoms with Gasteiger partial charge in [0.05, 0.1) is 4.92 Å². The first-order valence-corrected chi connectivity index (χ1v) is 6.57. The summed E-state index contributed by atoms with van der Waals surface area (Å²) in [6.07, 6.45) is 0. The molecule has 0 aliphatic rings. The Morgan fingerprint density at radius 3 is 2.70 bits per heavy atom. The molecular formula is C12H14ClN5O2. The van der Waals surface area contributed by atoms with Crippen molar-refractivity contribution in [2.45, 2.75) is 20.4 Å². The van der Waals surface area contributed by atoms with Gasteiger partial charge >= 0.3 is 0 Å². The molecule has 0 spiro atoms. The number of nitrogens with zero attached hydrogens (tertiary/aromatic N) is 4. The van der Waals surface area contributed by atoms with Gasteiger partial charge in [-0.25, -0.2) is 0 Å². The third-order valence-electron chi connectivity index (χ3n) is 2.75. The molecule has 2 rings (SSSR count). The van der Waals surface area contributed by atoms with E-state index < -0.39 is 4.92 Å². The van der Waals surface area contributed by atoms with E-state index >= 15 is 0 Å². The van der Waals surface area contributed by atoms with Crippen molar-refractivity contribution in [3.63, 3.8) is 0 Å². The Morgan fingerprint density at radius 1 is 1.35 bits per heavy atom. The minimum Gasteiger partial charge on any atom is -0.355 e. The van der Waals surface area contributed by atoms with Crippen LogP contribution in [0.5, 0.6) is 0 Å². The molecule has 0 unspecified atom stereocenters. The first-order valence-electron chi connectivity index (χ1n) is 6.19. The highest BCUT2D eigenvalue weighted by atomic mass is 35.5. The van der Waals surface area contributed by atoms with Crippen LogP contribution in [0.25, 0.3) is 11.4 Å². The molecule has 1 N–H and O–H groups in total. The predicted octanol–water partition coefficient (Wildman–Crippen LogP) is 2.96. The molecule has 0 aliphatic carbocycles. The molecule has 0 atom stereocenters. The summed E-state index contributed by atoms with van der Waals surface area (Å²) in [5, 5.41) is 22.4. The Kier molecular flexibility index (Phi) is 4.19. The first kappa shape index (κ1) is 14.3. The number of rotatable bonds is 5. The summed E-state index contributed by atoms with van der Waals surface area (Å²) in [5.74, 6) is 1.18. The van der Waals surface area contributed by atoms with E-state index in [0.717, 1.165) is 0 Å². The molecule has 0 saturated heterocycles. The van der Waals surface area contributed by atoms with E-state index in [0.29, 0.717) is 35.4 Å². The van der Waals surface area contributed by atoms with Gasteiger partial charge < -0.3 is 5.32 Å². The van der Waals surface area contributed by atoms with Crippen molar-refractivity contribution in [1.29, 1.82) is 0 Å². The quantitative estimate of drug-likeness (QED) is 0.677. The second-order valence-electron chi connectivity index (χ2n) is 4.08. The van der Waals surface area contributed by atoms with Crippen molar-refractivity contribution >= 4 is 23.2 Å². The van der Waals surface area contributed by atoms with Crippen LogP contribution in [-0.2, 0) is 6.54 Å². The minimum atomic E-state index is -0.479. The molecule has 0 bridgehead atoms. The number of halogens is 1. The molecule has 0 radical (unpaired) electrons. The number of nitrogens with one attached hydrogen (secondary N) is 1. The van der Waals surface area contributed by atoms with E-state index in [4.69, 9.17) is 11.6 Å². The fourth-order valence-corrected chi connectivity index (χ4v) is 2.14. The van der Waals surface area contributed by atoms with Crippen LogP contribution in [0.1, 0.15) is 13.8 Å². The molecule has 0 amide bonds. The zero-order valence-electron chi connectivity index (χ0n) is 11.1. The predicted molar refractivity (Wildman–Crippen MR) is 77.0 cm³/mol. The molecule has 2 aromatic rings. The van der Waals surface area contributed by atoms with Crippen molar-refractivity contribution in [3.05, 3.63) is 33.3 Å². The monoisotopic (exact) mass is 295 g/mol. The molecule has 8 heteroatoms. The van der Waals surface area contributed by atoms with Crippen molar-refractivity contribution in [2.75, 3.05) is 11.9 Å². The van der Waals surface area contributed by atoms with Crippen LogP contribution in [-0.4, -0.2) is 26.2 Å². The van der Waals surface area contributed by atoms with E-state index in [1.165, 1.54) is 12.1 Å². The summed E-state index contributed by atoms with van der Waals surface area (Å²) in [7, 11) is 0. The molecule has 1 aromatic carbocycles. The normalized spacial score (nSPS) is 10.6. The molecular weight excluding hydrogens is 282 g/mol. The summed E-state index contributed by atoms with van der Waals surface area (Å²) in [5.41, 5.74) is 0.505. The maximum atomic E-state index is 10.9. The lowest BCUT2D eigenvalue weighted by molar-refractivity contribution is -0.384. The van der Waals surface area contributed by atoms with Crippen molar-refractivity contribution < 1.29 is 4.92 Å². The number of hydrogen-bond donors (Lipinski definition) is 1. The molecule has 1 heterocycles. The fourth-order valence-electron chi connectivity index (χ4n) is 1.91. The molecule has 1 aromatic heterocycles. The number of non-ortho nitro benzene ring substituents is 1. The highest BCUT2D eigenvalue weighted by Crippen LogP contribution is 2.28. The van der Waals surface area contributed by atoms with Crippen LogP contribution in [0.2, 0.25) is 5.02 Å².